The molecule has 0 unspecified atom stereocenters. The van der Waals surface area contributed by atoms with Gasteiger partial charge in [-0.05, 0) is 74.7 Å². The van der Waals surface area contributed by atoms with Crippen LogP contribution in [0.15, 0.2) is 46.9 Å². The Balaban J connectivity index is 1.68. The molecule has 0 N–H and O–H groups in total. The van der Waals surface area contributed by atoms with E-state index < -0.39 is 11.7 Å². The molecule has 4 nitrogen and oxygen atoms in total. The molecule has 0 saturated heterocycles. The van der Waals surface area contributed by atoms with Crippen molar-refractivity contribution in [2.75, 3.05) is 0 Å². The Hall–Kier alpha value is -3.09. The van der Waals surface area contributed by atoms with E-state index in [1.54, 1.807) is 13.8 Å². The predicted octanol–water partition coefficient (Wildman–Crippen LogP) is 6.08. The lowest BCUT2D eigenvalue weighted by atomic mass is 10.0. The molecule has 0 bridgehead atoms. The second-order valence-corrected chi connectivity index (χ2v) is 7.18. The highest BCUT2D eigenvalue weighted by molar-refractivity contribution is 5.75. The van der Waals surface area contributed by atoms with Crippen LogP contribution in [0.1, 0.15) is 41.5 Å². The number of Topliss-reactive ketones (excluding diaryl/α,β-unsaturated/α-hetero) is 1. The molecule has 30 heavy (non-hydrogen) atoms. The summed E-state index contributed by atoms with van der Waals surface area (Å²) in [6.07, 6.45) is -3.19. The number of ketones is 1. The number of hydrogen-bond acceptors (Lipinski definition) is 4. The van der Waals surface area contributed by atoms with Crippen LogP contribution in [0.5, 0.6) is 5.75 Å². The number of halogens is 3. The number of ether oxygens (including phenoxy) is 1. The van der Waals surface area contributed by atoms with Crippen LogP contribution in [-0.4, -0.2) is 10.8 Å². The number of alkyl halides is 3. The fraction of sp³-hybridized carbons (Fsp3) is 0.304. The van der Waals surface area contributed by atoms with Crippen LogP contribution in [0.3, 0.4) is 0 Å². The summed E-state index contributed by atoms with van der Waals surface area (Å²) in [5.74, 6) is 1.56. The molecule has 1 aromatic heterocycles. The molecular formula is C23H22F3NO3. The second-order valence-electron chi connectivity index (χ2n) is 7.18. The molecule has 158 valence electrons. The Morgan fingerprint density at radius 1 is 1.10 bits per heavy atom. The summed E-state index contributed by atoms with van der Waals surface area (Å²) >= 11 is 0. The van der Waals surface area contributed by atoms with E-state index in [-0.39, 0.29) is 18.3 Å². The number of rotatable bonds is 7. The highest BCUT2D eigenvalue weighted by Gasteiger charge is 2.30. The van der Waals surface area contributed by atoms with Gasteiger partial charge in [0.15, 0.2) is 5.76 Å². The molecule has 0 atom stereocenters. The first-order valence-corrected chi connectivity index (χ1v) is 9.49. The van der Waals surface area contributed by atoms with E-state index in [9.17, 15) is 18.0 Å². The van der Waals surface area contributed by atoms with Crippen molar-refractivity contribution in [1.29, 1.82) is 0 Å². The van der Waals surface area contributed by atoms with Gasteiger partial charge in [0.2, 0.25) is 5.89 Å². The Bertz CT molecular complexity index is 1040. The number of aryl methyl sites for hydroxylation is 3. The van der Waals surface area contributed by atoms with Crippen molar-refractivity contribution in [3.63, 3.8) is 0 Å². The second kappa shape index (κ2) is 8.73. The van der Waals surface area contributed by atoms with Crippen molar-refractivity contribution >= 4 is 5.78 Å². The maximum Gasteiger partial charge on any atom is 0.416 e. The van der Waals surface area contributed by atoms with Gasteiger partial charge in [0.1, 0.15) is 18.1 Å². The van der Waals surface area contributed by atoms with E-state index >= 15 is 0 Å². The molecule has 0 aliphatic rings. The Morgan fingerprint density at radius 3 is 2.40 bits per heavy atom. The summed E-state index contributed by atoms with van der Waals surface area (Å²) in [5, 5.41) is 0. The third-order valence-corrected chi connectivity index (χ3v) is 4.78. The first-order valence-electron chi connectivity index (χ1n) is 9.49. The molecule has 7 heteroatoms. The van der Waals surface area contributed by atoms with Crippen LogP contribution in [0.4, 0.5) is 13.2 Å². The van der Waals surface area contributed by atoms with Crippen molar-refractivity contribution < 1.29 is 27.1 Å². The summed E-state index contributed by atoms with van der Waals surface area (Å²) in [7, 11) is 0. The average molecular weight is 417 g/mol. The summed E-state index contributed by atoms with van der Waals surface area (Å²) in [5.41, 5.74) is 2.48. The molecule has 0 amide bonds. The van der Waals surface area contributed by atoms with E-state index in [0.717, 1.165) is 23.3 Å². The number of nitrogens with zero attached hydrogens (tertiary/aromatic N) is 1. The van der Waals surface area contributed by atoms with E-state index in [4.69, 9.17) is 9.15 Å². The number of benzene rings is 2. The molecule has 0 saturated carbocycles. The molecule has 0 radical (unpaired) electrons. The van der Waals surface area contributed by atoms with Gasteiger partial charge in [0.05, 0.1) is 11.3 Å². The van der Waals surface area contributed by atoms with Gasteiger partial charge in [-0.25, -0.2) is 4.98 Å². The minimum atomic E-state index is -4.39. The standard InChI is InChI=1S/C23H22F3NO3/c1-14-12-20(11-8-17(14)5-4-15(2)28)29-13-21-16(3)27-22(30-21)18-6-9-19(10-7-18)23(24,25)26/h6-12H,4-5,13H2,1-3H3. The van der Waals surface area contributed by atoms with Gasteiger partial charge in [0, 0.05) is 12.0 Å². The molecule has 3 rings (SSSR count). The zero-order chi connectivity index (χ0) is 21.9. The molecule has 0 spiro atoms. The predicted molar refractivity (Wildman–Crippen MR) is 106 cm³/mol. The highest BCUT2D eigenvalue weighted by Crippen LogP contribution is 2.31. The summed E-state index contributed by atoms with van der Waals surface area (Å²) in [6.45, 7) is 5.44. The van der Waals surface area contributed by atoms with Gasteiger partial charge >= 0.3 is 6.18 Å². The van der Waals surface area contributed by atoms with Gasteiger partial charge in [-0.3, -0.25) is 0 Å². The van der Waals surface area contributed by atoms with E-state index in [0.29, 0.717) is 35.6 Å². The normalized spacial score (nSPS) is 11.5. The van der Waals surface area contributed by atoms with Crippen molar-refractivity contribution in [2.45, 2.75) is 46.4 Å². The Morgan fingerprint density at radius 2 is 1.80 bits per heavy atom. The minimum Gasteiger partial charge on any atom is -0.486 e. The maximum absolute atomic E-state index is 12.7. The molecule has 0 aliphatic heterocycles. The van der Waals surface area contributed by atoms with Crippen molar-refractivity contribution in [3.05, 3.63) is 70.6 Å². The summed E-state index contributed by atoms with van der Waals surface area (Å²) < 4.78 is 49.6. The number of oxazole rings is 1. The zero-order valence-electron chi connectivity index (χ0n) is 17.0. The molecular weight excluding hydrogens is 395 g/mol. The molecule has 0 aliphatic carbocycles. The van der Waals surface area contributed by atoms with Crippen molar-refractivity contribution in [1.82, 2.24) is 4.98 Å². The topological polar surface area (TPSA) is 52.3 Å². The summed E-state index contributed by atoms with van der Waals surface area (Å²) in [4.78, 5) is 15.5. The van der Waals surface area contributed by atoms with Gasteiger partial charge < -0.3 is 13.9 Å². The lowest BCUT2D eigenvalue weighted by molar-refractivity contribution is -0.137. The maximum atomic E-state index is 12.7. The van der Waals surface area contributed by atoms with Gasteiger partial charge in [-0.15, -0.1) is 0 Å². The summed E-state index contributed by atoms with van der Waals surface area (Å²) in [6, 6.07) is 10.4. The number of aromatic nitrogens is 1. The van der Waals surface area contributed by atoms with E-state index in [1.165, 1.54) is 12.1 Å². The average Bonchev–Trinajstić information content (AvgIpc) is 3.05. The van der Waals surface area contributed by atoms with Crippen LogP contribution in [0.2, 0.25) is 0 Å². The largest absolute Gasteiger partial charge is 0.486 e. The fourth-order valence-electron chi connectivity index (χ4n) is 2.99. The van der Waals surface area contributed by atoms with Gasteiger partial charge in [0.25, 0.3) is 0 Å². The lowest BCUT2D eigenvalue weighted by Crippen LogP contribution is -2.03. The Kier molecular flexibility index (Phi) is 6.29. The minimum absolute atomic E-state index is 0.145. The van der Waals surface area contributed by atoms with E-state index in [2.05, 4.69) is 4.98 Å². The number of hydrogen-bond donors (Lipinski definition) is 0. The van der Waals surface area contributed by atoms with Crippen molar-refractivity contribution in [3.8, 4) is 17.2 Å². The molecule has 2 aromatic carbocycles. The monoisotopic (exact) mass is 417 g/mol. The Labute approximate surface area is 172 Å². The zero-order valence-corrected chi connectivity index (χ0v) is 17.0. The third kappa shape index (κ3) is 5.28. The van der Waals surface area contributed by atoms with Gasteiger partial charge in [-0.1, -0.05) is 6.07 Å². The SMILES string of the molecule is CC(=O)CCc1ccc(OCc2oc(-c3ccc(C(F)(F)F)cc3)nc2C)cc1C. The van der Waals surface area contributed by atoms with Crippen molar-refractivity contribution in [2.24, 2.45) is 0 Å². The first kappa shape index (κ1) is 21.6. The van der Waals surface area contributed by atoms with Crippen LogP contribution < -0.4 is 4.74 Å². The van der Waals surface area contributed by atoms with Crippen LogP contribution in [-0.2, 0) is 24.0 Å². The van der Waals surface area contributed by atoms with Crippen LogP contribution >= 0.6 is 0 Å². The fourth-order valence-corrected chi connectivity index (χ4v) is 2.99. The third-order valence-electron chi connectivity index (χ3n) is 4.78. The first-order chi connectivity index (χ1) is 14.1. The van der Waals surface area contributed by atoms with Gasteiger partial charge in [-0.2, -0.15) is 13.2 Å². The molecule has 1 heterocycles. The number of carbonyl (C=O) groups is 1. The highest BCUT2D eigenvalue weighted by atomic mass is 19.4. The lowest BCUT2D eigenvalue weighted by Gasteiger charge is -2.09. The van der Waals surface area contributed by atoms with Crippen LogP contribution in [0, 0.1) is 13.8 Å². The molecule has 0 fully saturated rings. The quantitative estimate of drug-likeness (QED) is 0.468. The number of carbonyl (C=O) groups excluding carboxylic acids is 1. The van der Waals surface area contributed by atoms with Crippen LogP contribution in [0.25, 0.3) is 11.5 Å². The molecule has 3 aromatic rings. The van der Waals surface area contributed by atoms with E-state index in [1.807, 2.05) is 25.1 Å². The smallest absolute Gasteiger partial charge is 0.416 e.